The number of fused-ring (bicyclic) bond motifs is 1. The zero-order valence-corrected chi connectivity index (χ0v) is 15.7. The number of hydrogen-bond acceptors (Lipinski definition) is 4. The molecule has 6 nitrogen and oxygen atoms in total. The summed E-state index contributed by atoms with van der Waals surface area (Å²) in [6.07, 6.45) is 0.404. The number of carbonyl (C=O) groups excluding carboxylic acids is 2. The molecule has 0 fully saturated rings. The Morgan fingerprint density at radius 1 is 0.962 bits per heavy atom. The minimum absolute atomic E-state index is 0.0739. The number of hydrogen-bond donors (Lipinski definition) is 3. The van der Waals surface area contributed by atoms with Crippen molar-refractivity contribution in [2.24, 2.45) is 0 Å². The van der Waals surface area contributed by atoms with Crippen molar-refractivity contribution >= 4 is 50.0 Å². The minimum Gasteiger partial charge on any atom is -0.308 e. The first kappa shape index (κ1) is 17.9. The predicted molar refractivity (Wildman–Crippen MR) is 107 cm³/mol. The van der Waals surface area contributed by atoms with Crippen molar-refractivity contribution in [3.05, 3.63) is 47.5 Å². The van der Waals surface area contributed by atoms with E-state index >= 15 is 0 Å². The number of rotatable bonds is 4. The van der Waals surface area contributed by atoms with Crippen LogP contribution < -0.4 is 16.0 Å². The van der Waals surface area contributed by atoms with Gasteiger partial charge in [0, 0.05) is 17.8 Å². The molecular formula is C19H20N4O2S. The molecule has 7 heteroatoms. The van der Waals surface area contributed by atoms with Gasteiger partial charge in [0.1, 0.15) is 0 Å². The van der Waals surface area contributed by atoms with E-state index in [0.29, 0.717) is 17.2 Å². The van der Waals surface area contributed by atoms with E-state index in [-0.39, 0.29) is 11.9 Å². The molecule has 0 aliphatic carbocycles. The van der Waals surface area contributed by atoms with Gasteiger partial charge >= 0.3 is 6.03 Å². The van der Waals surface area contributed by atoms with Gasteiger partial charge in [-0.25, -0.2) is 9.78 Å². The first-order valence-electron chi connectivity index (χ1n) is 8.29. The molecule has 3 rings (SSSR count). The van der Waals surface area contributed by atoms with Crippen molar-refractivity contribution in [2.75, 3.05) is 16.0 Å². The summed E-state index contributed by atoms with van der Waals surface area (Å²) in [4.78, 5) is 28.1. The van der Waals surface area contributed by atoms with Crippen LogP contribution in [0.25, 0.3) is 10.2 Å². The highest BCUT2D eigenvalue weighted by Crippen LogP contribution is 2.28. The molecule has 0 bridgehead atoms. The van der Waals surface area contributed by atoms with E-state index in [1.54, 1.807) is 13.0 Å². The summed E-state index contributed by atoms with van der Waals surface area (Å²) < 4.78 is 0.941. The van der Waals surface area contributed by atoms with Gasteiger partial charge in [-0.2, -0.15) is 0 Å². The fourth-order valence-electron chi connectivity index (χ4n) is 2.61. The highest BCUT2D eigenvalue weighted by molar-refractivity contribution is 7.22. The number of nitrogens with zero attached hydrogens (tertiary/aromatic N) is 1. The lowest BCUT2D eigenvalue weighted by molar-refractivity contribution is -0.115. The number of aromatic nitrogens is 1. The van der Waals surface area contributed by atoms with Gasteiger partial charge in [-0.3, -0.25) is 4.79 Å². The molecule has 3 aromatic rings. The molecule has 2 aromatic carbocycles. The van der Waals surface area contributed by atoms with Crippen LogP contribution in [0.1, 0.15) is 24.5 Å². The molecule has 0 unspecified atom stereocenters. The molecule has 0 atom stereocenters. The summed E-state index contributed by atoms with van der Waals surface area (Å²) in [5.41, 5.74) is 4.29. The maximum Gasteiger partial charge on any atom is 0.323 e. The van der Waals surface area contributed by atoms with Crippen molar-refractivity contribution in [3.8, 4) is 0 Å². The van der Waals surface area contributed by atoms with Crippen LogP contribution >= 0.6 is 11.3 Å². The number of benzene rings is 2. The monoisotopic (exact) mass is 368 g/mol. The average Bonchev–Trinajstić information content (AvgIpc) is 2.94. The van der Waals surface area contributed by atoms with Gasteiger partial charge < -0.3 is 16.0 Å². The topological polar surface area (TPSA) is 83.1 Å². The van der Waals surface area contributed by atoms with E-state index < -0.39 is 0 Å². The molecule has 3 N–H and O–H groups in total. The van der Waals surface area contributed by atoms with Gasteiger partial charge in [-0.1, -0.05) is 24.3 Å². The second kappa shape index (κ2) is 7.53. The molecule has 0 saturated heterocycles. The first-order valence-corrected chi connectivity index (χ1v) is 9.11. The fraction of sp³-hybridized carbons (Fsp3) is 0.211. The number of urea groups is 1. The number of anilines is 3. The molecule has 0 aliphatic rings. The van der Waals surface area contributed by atoms with Crippen molar-refractivity contribution < 1.29 is 9.59 Å². The van der Waals surface area contributed by atoms with Crippen LogP contribution in [-0.2, 0) is 4.79 Å². The van der Waals surface area contributed by atoms with Crippen LogP contribution in [0.5, 0.6) is 0 Å². The van der Waals surface area contributed by atoms with Crippen molar-refractivity contribution in [3.63, 3.8) is 0 Å². The SMILES string of the molecule is CCC(=O)Nc1nc2cc(NC(=O)Nc3cc(C)cc(C)c3)ccc2s1. The van der Waals surface area contributed by atoms with E-state index in [9.17, 15) is 9.59 Å². The molecule has 0 saturated carbocycles. The molecule has 0 radical (unpaired) electrons. The second-order valence-electron chi connectivity index (χ2n) is 6.06. The molecule has 0 spiro atoms. The number of nitrogens with one attached hydrogen (secondary N) is 3. The van der Waals surface area contributed by atoms with Crippen LogP contribution in [0.2, 0.25) is 0 Å². The quantitative estimate of drug-likeness (QED) is 0.612. The molecule has 134 valence electrons. The summed E-state index contributed by atoms with van der Waals surface area (Å²) in [5.74, 6) is -0.0739. The van der Waals surface area contributed by atoms with Gasteiger partial charge in [0.25, 0.3) is 0 Å². The number of thiazole rings is 1. The van der Waals surface area contributed by atoms with Gasteiger partial charge in [-0.15, -0.1) is 0 Å². The highest BCUT2D eigenvalue weighted by Gasteiger charge is 2.09. The number of amides is 3. The summed E-state index contributed by atoms with van der Waals surface area (Å²) in [6, 6.07) is 11.0. The van der Waals surface area contributed by atoms with E-state index in [0.717, 1.165) is 27.0 Å². The maximum absolute atomic E-state index is 12.2. The van der Waals surface area contributed by atoms with Gasteiger partial charge in [-0.05, 0) is 55.3 Å². The Bertz CT molecular complexity index is 961. The summed E-state index contributed by atoms with van der Waals surface area (Å²) in [5, 5.41) is 8.96. The molecule has 1 heterocycles. The third kappa shape index (κ3) is 4.37. The summed E-state index contributed by atoms with van der Waals surface area (Å²) in [7, 11) is 0. The third-order valence-electron chi connectivity index (χ3n) is 3.69. The standard InChI is InChI=1S/C19H20N4O2S/c1-4-17(24)23-19-22-15-10-13(5-6-16(15)26-19)20-18(25)21-14-8-11(2)7-12(3)9-14/h5-10H,4H2,1-3H3,(H2,20,21,25)(H,22,23,24). The Hall–Kier alpha value is -2.93. The maximum atomic E-state index is 12.2. The zero-order valence-electron chi connectivity index (χ0n) is 14.8. The summed E-state index contributed by atoms with van der Waals surface area (Å²) >= 11 is 1.40. The Balaban J connectivity index is 1.71. The van der Waals surface area contributed by atoms with E-state index in [2.05, 4.69) is 20.9 Å². The second-order valence-corrected chi connectivity index (χ2v) is 7.09. The lowest BCUT2D eigenvalue weighted by atomic mass is 10.1. The highest BCUT2D eigenvalue weighted by atomic mass is 32.1. The smallest absolute Gasteiger partial charge is 0.308 e. The molecule has 26 heavy (non-hydrogen) atoms. The Kier molecular flexibility index (Phi) is 5.18. The van der Waals surface area contributed by atoms with Crippen LogP contribution in [0, 0.1) is 13.8 Å². The van der Waals surface area contributed by atoms with Crippen LogP contribution in [-0.4, -0.2) is 16.9 Å². The van der Waals surface area contributed by atoms with Crippen molar-refractivity contribution in [1.82, 2.24) is 4.98 Å². The van der Waals surface area contributed by atoms with Crippen LogP contribution in [0.3, 0.4) is 0 Å². The summed E-state index contributed by atoms with van der Waals surface area (Å²) in [6.45, 7) is 5.77. The largest absolute Gasteiger partial charge is 0.323 e. The zero-order chi connectivity index (χ0) is 18.7. The Morgan fingerprint density at radius 2 is 1.65 bits per heavy atom. The number of carbonyl (C=O) groups is 2. The normalized spacial score (nSPS) is 10.6. The van der Waals surface area contributed by atoms with E-state index in [1.807, 2.05) is 44.2 Å². The van der Waals surface area contributed by atoms with Gasteiger partial charge in [0.2, 0.25) is 5.91 Å². The van der Waals surface area contributed by atoms with Gasteiger partial charge in [0.15, 0.2) is 5.13 Å². The molecule has 0 aliphatic heterocycles. The van der Waals surface area contributed by atoms with Crippen molar-refractivity contribution in [2.45, 2.75) is 27.2 Å². The third-order valence-corrected chi connectivity index (χ3v) is 4.64. The van der Waals surface area contributed by atoms with Crippen LogP contribution in [0.15, 0.2) is 36.4 Å². The molecular weight excluding hydrogens is 348 g/mol. The van der Waals surface area contributed by atoms with E-state index in [1.165, 1.54) is 11.3 Å². The van der Waals surface area contributed by atoms with Gasteiger partial charge in [0.05, 0.1) is 10.2 Å². The Morgan fingerprint density at radius 3 is 2.35 bits per heavy atom. The van der Waals surface area contributed by atoms with Crippen LogP contribution in [0.4, 0.5) is 21.3 Å². The number of aryl methyl sites for hydroxylation is 2. The molecule has 3 amide bonds. The van der Waals surface area contributed by atoms with Crippen molar-refractivity contribution in [1.29, 1.82) is 0 Å². The lowest BCUT2D eigenvalue weighted by Gasteiger charge is -2.09. The lowest BCUT2D eigenvalue weighted by Crippen LogP contribution is -2.19. The van der Waals surface area contributed by atoms with E-state index in [4.69, 9.17) is 0 Å². The molecule has 1 aromatic heterocycles. The average molecular weight is 368 g/mol. The fourth-order valence-corrected chi connectivity index (χ4v) is 3.47. The first-order chi connectivity index (χ1) is 12.4. The minimum atomic E-state index is -0.316. The Labute approximate surface area is 155 Å². The predicted octanol–water partition coefficient (Wildman–Crippen LogP) is 4.91.